The van der Waals surface area contributed by atoms with Crippen LogP contribution in [0.2, 0.25) is 0 Å². The number of nitrogens with zero attached hydrogens (tertiary/aromatic N) is 3. The maximum Gasteiger partial charge on any atom is 0.257 e. The first-order valence-electron chi connectivity index (χ1n) is 5.15. The van der Waals surface area contributed by atoms with Gasteiger partial charge >= 0.3 is 0 Å². The fourth-order valence-corrected chi connectivity index (χ4v) is 1.50. The van der Waals surface area contributed by atoms with Crippen LogP contribution in [0, 0.1) is 28.5 Å². The van der Waals surface area contributed by atoms with E-state index in [4.69, 9.17) is 10.5 Å². The molecule has 0 spiro atoms. The van der Waals surface area contributed by atoms with E-state index in [9.17, 15) is 9.18 Å². The van der Waals surface area contributed by atoms with Crippen LogP contribution in [0.4, 0.5) is 10.1 Å². The summed E-state index contributed by atoms with van der Waals surface area (Å²) in [5, 5.41) is 19.8. The Hall–Kier alpha value is -2.60. The van der Waals surface area contributed by atoms with E-state index in [0.717, 1.165) is 4.90 Å². The van der Waals surface area contributed by atoms with E-state index in [1.54, 1.807) is 12.1 Å². The van der Waals surface area contributed by atoms with Crippen LogP contribution in [-0.4, -0.2) is 30.9 Å². The van der Waals surface area contributed by atoms with E-state index in [2.05, 4.69) is 5.32 Å². The summed E-state index contributed by atoms with van der Waals surface area (Å²) in [4.78, 5) is 13.1. The van der Waals surface area contributed by atoms with E-state index in [1.165, 1.54) is 25.2 Å². The highest BCUT2D eigenvalue weighted by Crippen LogP contribution is 2.20. The van der Waals surface area contributed by atoms with Crippen molar-refractivity contribution in [1.29, 1.82) is 10.5 Å². The molecule has 0 saturated carbocycles. The van der Waals surface area contributed by atoms with E-state index < -0.39 is 11.7 Å². The number of nitrogens with one attached hydrogen (secondary N) is 1. The first-order chi connectivity index (χ1) is 8.65. The SMILES string of the molecule is CNc1c(F)cccc1C(=O)N(CC#N)CC#N. The third-order valence-corrected chi connectivity index (χ3v) is 2.30. The van der Waals surface area contributed by atoms with Crippen molar-refractivity contribution in [3.05, 3.63) is 29.6 Å². The van der Waals surface area contributed by atoms with Gasteiger partial charge in [-0.1, -0.05) is 6.07 Å². The fraction of sp³-hybridized carbons (Fsp3) is 0.250. The molecule has 92 valence electrons. The van der Waals surface area contributed by atoms with Gasteiger partial charge in [0.1, 0.15) is 18.9 Å². The Kier molecular flexibility index (Phi) is 4.65. The molecular formula is C12H11FN4O. The summed E-state index contributed by atoms with van der Waals surface area (Å²) >= 11 is 0. The quantitative estimate of drug-likeness (QED) is 0.813. The van der Waals surface area contributed by atoms with Crippen molar-refractivity contribution in [1.82, 2.24) is 4.90 Å². The van der Waals surface area contributed by atoms with Gasteiger partial charge in [-0.15, -0.1) is 0 Å². The van der Waals surface area contributed by atoms with Gasteiger partial charge in [0.25, 0.3) is 5.91 Å². The second-order valence-electron chi connectivity index (χ2n) is 3.39. The van der Waals surface area contributed by atoms with Gasteiger partial charge in [-0.05, 0) is 12.1 Å². The minimum Gasteiger partial charge on any atom is -0.385 e. The van der Waals surface area contributed by atoms with Crippen LogP contribution in [-0.2, 0) is 0 Å². The highest BCUT2D eigenvalue weighted by molar-refractivity contribution is 5.99. The third kappa shape index (κ3) is 2.74. The van der Waals surface area contributed by atoms with E-state index >= 15 is 0 Å². The average Bonchev–Trinajstić information content (AvgIpc) is 2.37. The molecule has 0 aliphatic carbocycles. The summed E-state index contributed by atoms with van der Waals surface area (Å²) < 4.78 is 13.5. The lowest BCUT2D eigenvalue weighted by atomic mass is 10.1. The summed E-state index contributed by atoms with van der Waals surface area (Å²) in [6, 6.07) is 7.66. The number of rotatable bonds is 4. The lowest BCUT2D eigenvalue weighted by molar-refractivity contribution is 0.0795. The molecular weight excluding hydrogens is 235 g/mol. The zero-order chi connectivity index (χ0) is 13.5. The van der Waals surface area contributed by atoms with Gasteiger partial charge in [-0.2, -0.15) is 10.5 Å². The molecule has 0 aliphatic heterocycles. The summed E-state index contributed by atoms with van der Waals surface area (Å²) in [6.45, 7) is -0.432. The predicted molar refractivity (Wildman–Crippen MR) is 63.1 cm³/mol. The summed E-state index contributed by atoms with van der Waals surface area (Å²) in [6.07, 6.45) is 0. The van der Waals surface area contributed by atoms with Crippen molar-refractivity contribution >= 4 is 11.6 Å². The number of para-hydroxylation sites is 1. The van der Waals surface area contributed by atoms with Gasteiger partial charge in [-0.25, -0.2) is 4.39 Å². The van der Waals surface area contributed by atoms with Crippen LogP contribution in [0.3, 0.4) is 0 Å². The number of carbonyl (C=O) groups excluding carboxylic acids is 1. The number of anilines is 1. The largest absolute Gasteiger partial charge is 0.385 e. The van der Waals surface area contributed by atoms with Gasteiger partial charge < -0.3 is 10.2 Å². The van der Waals surface area contributed by atoms with Crippen LogP contribution >= 0.6 is 0 Å². The molecule has 0 radical (unpaired) electrons. The molecule has 1 aromatic rings. The van der Waals surface area contributed by atoms with Crippen LogP contribution in [0.1, 0.15) is 10.4 Å². The molecule has 0 aliphatic rings. The summed E-state index contributed by atoms with van der Waals surface area (Å²) in [5.74, 6) is -1.11. The lowest BCUT2D eigenvalue weighted by Gasteiger charge is -2.18. The molecule has 0 unspecified atom stereocenters. The standard InChI is InChI=1S/C12H11FN4O/c1-16-11-9(3-2-4-10(11)13)12(18)17(7-5-14)8-6-15/h2-4,16H,7-8H2,1H3. The monoisotopic (exact) mass is 246 g/mol. The molecule has 1 rings (SSSR count). The smallest absolute Gasteiger partial charge is 0.257 e. The number of hydrogen-bond acceptors (Lipinski definition) is 4. The molecule has 0 heterocycles. The van der Waals surface area contributed by atoms with Gasteiger partial charge in [0.2, 0.25) is 0 Å². The molecule has 1 aromatic carbocycles. The topological polar surface area (TPSA) is 79.9 Å². The molecule has 1 N–H and O–H groups in total. The van der Waals surface area contributed by atoms with Gasteiger partial charge in [0.15, 0.2) is 0 Å². The normalized spacial score (nSPS) is 9.11. The fourth-order valence-electron chi connectivity index (χ4n) is 1.50. The number of nitriles is 2. The highest BCUT2D eigenvalue weighted by Gasteiger charge is 2.19. The Bertz CT molecular complexity index is 514. The van der Waals surface area contributed by atoms with Crippen LogP contribution < -0.4 is 5.32 Å². The number of halogens is 1. The Labute approximate surface area is 104 Å². The molecule has 6 heteroatoms. The Balaban J connectivity index is 3.13. The van der Waals surface area contributed by atoms with E-state index in [0.29, 0.717) is 0 Å². The Morgan fingerprint density at radius 3 is 2.50 bits per heavy atom. The first kappa shape index (κ1) is 13.5. The Morgan fingerprint density at radius 2 is 2.00 bits per heavy atom. The molecule has 0 bridgehead atoms. The highest BCUT2D eigenvalue weighted by atomic mass is 19.1. The maximum absolute atomic E-state index is 13.5. The molecule has 5 nitrogen and oxygen atoms in total. The van der Waals surface area contributed by atoms with Gasteiger partial charge in [0, 0.05) is 7.05 Å². The van der Waals surface area contributed by atoms with Crippen molar-refractivity contribution in [3.63, 3.8) is 0 Å². The minimum atomic E-state index is -0.558. The number of benzene rings is 1. The molecule has 0 saturated heterocycles. The number of carbonyl (C=O) groups is 1. The zero-order valence-corrected chi connectivity index (χ0v) is 9.77. The lowest BCUT2D eigenvalue weighted by Crippen LogP contribution is -2.32. The van der Waals surface area contributed by atoms with Gasteiger partial charge in [-0.3, -0.25) is 4.79 Å². The van der Waals surface area contributed by atoms with Crippen LogP contribution in [0.15, 0.2) is 18.2 Å². The van der Waals surface area contributed by atoms with E-state index in [-0.39, 0.29) is 24.3 Å². The zero-order valence-electron chi connectivity index (χ0n) is 9.77. The molecule has 18 heavy (non-hydrogen) atoms. The average molecular weight is 246 g/mol. The van der Waals surface area contributed by atoms with Crippen molar-refractivity contribution in [2.75, 3.05) is 25.5 Å². The van der Waals surface area contributed by atoms with E-state index in [1.807, 2.05) is 0 Å². The third-order valence-electron chi connectivity index (χ3n) is 2.30. The molecule has 0 atom stereocenters. The predicted octanol–water partition coefficient (Wildman–Crippen LogP) is 1.36. The second-order valence-corrected chi connectivity index (χ2v) is 3.39. The number of amides is 1. The Morgan fingerprint density at radius 1 is 1.39 bits per heavy atom. The second kappa shape index (κ2) is 6.21. The van der Waals surface area contributed by atoms with Crippen molar-refractivity contribution in [3.8, 4) is 12.1 Å². The first-order valence-corrected chi connectivity index (χ1v) is 5.15. The minimum absolute atomic E-state index is 0.0587. The van der Waals surface area contributed by atoms with Crippen molar-refractivity contribution < 1.29 is 9.18 Å². The molecule has 1 amide bonds. The summed E-state index contributed by atoms with van der Waals surface area (Å²) in [5.41, 5.74) is 0.159. The number of hydrogen-bond donors (Lipinski definition) is 1. The van der Waals surface area contributed by atoms with Crippen LogP contribution in [0.5, 0.6) is 0 Å². The van der Waals surface area contributed by atoms with Crippen molar-refractivity contribution in [2.24, 2.45) is 0 Å². The van der Waals surface area contributed by atoms with Crippen molar-refractivity contribution in [2.45, 2.75) is 0 Å². The van der Waals surface area contributed by atoms with Crippen LogP contribution in [0.25, 0.3) is 0 Å². The maximum atomic E-state index is 13.5. The van der Waals surface area contributed by atoms with Gasteiger partial charge in [0.05, 0.1) is 23.4 Å². The molecule has 0 aromatic heterocycles. The molecule has 0 fully saturated rings. The summed E-state index contributed by atoms with van der Waals surface area (Å²) in [7, 11) is 1.49.